The Hall–Kier alpha value is -0.120. The number of aliphatic hydroxyl groups is 1. The van der Waals surface area contributed by atoms with Crippen molar-refractivity contribution in [3.63, 3.8) is 0 Å². The molecule has 106 valence electrons. The Morgan fingerprint density at radius 3 is 2.56 bits per heavy atom. The monoisotopic (exact) mass is 255 g/mol. The van der Waals surface area contributed by atoms with Crippen molar-refractivity contribution in [3.8, 4) is 0 Å². The third kappa shape index (κ3) is 2.59. The molecule has 0 radical (unpaired) electrons. The first kappa shape index (κ1) is 14.3. The molecule has 0 amide bonds. The highest BCUT2D eigenvalue weighted by Crippen LogP contribution is 2.55. The van der Waals surface area contributed by atoms with Gasteiger partial charge in [0, 0.05) is 24.6 Å². The third-order valence-corrected chi connectivity index (χ3v) is 4.98. The molecule has 0 aromatic carbocycles. The average Bonchev–Trinajstić information content (AvgIpc) is 2.34. The van der Waals surface area contributed by atoms with Crippen LogP contribution < -0.4 is 0 Å². The van der Waals surface area contributed by atoms with Crippen molar-refractivity contribution in [2.45, 2.75) is 70.6 Å². The van der Waals surface area contributed by atoms with Gasteiger partial charge in [0.05, 0.1) is 12.2 Å². The van der Waals surface area contributed by atoms with Gasteiger partial charge in [-0.15, -0.1) is 0 Å². The van der Waals surface area contributed by atoms with E-state index in [1.165, 1.54) is 32.1 Å². The molecule has 2 rings (SSSR count). The summed E-state index contributed by atoms with van der Waals surface area (Å²) in [6, 6.07) is 0.615. The molecule has 0 bridgehead atoms. The standard InChI is InChI=1S/C15H29NO2/c1-4-18-14-10-13(16(3)11-12(2)17)15(14)8-6-5-7-9-15/h12-14,17H,4-11H2,1-3H3/t12-,13+,14+/m0/s1. The zero-order valence-corrected chi connectivity index (χ0v) is 12.2. The minimum atomic E-state index is -0.234. The normalized spacial score (nSPS) is 32.5. The van der Waals surface area contributed by atoms with Gasteiger partial charge in [-0.05, 0) is 40.2 Å². The van der Waals surface area contributed by atoms with E-state index in [4.69, 9.17) is 4.74 Å². The highest BCUT2D eigenvalue weighted by molar-refractivity contribution is 5.09. The molecule has 18 heavy (non-hydrogen) atoms. The van der Waals surface area contributed by atoms with Gasteiger partial charge in [-0.25, -0.2) is 0 Å². The molecular formula is C15H29NO2. The zero-order chi connectivity index (χ0) is 13.2. The van der Waals surface area contributed by atoms with Gasteiger partial charge in [0.25, 0.3) is 0 Å². The number of rotatable bonds is 5. The van der Waals surface area contributed by atoms with Crippen LogP contribution in [0.25, 0.3) is 0 Å². The van der Waals surface area contributed by atoms with E-state index in [0.717, 1.165) is 19.6 Å². The summed E-state index contributed by atoms with van der Waals surface area (Å²) in [6.45, 7) is 5.59. The summed E-state index contributed by atoms with van der Waals surface area (Å²) in [7, 11) is 2.16. The molecule has 2 aliphatic carbocycles. The average molecular weight is 255 g/mol. The molecule has 2 aliphatic rings. The van der Waals surface area contributed by atoms with E-state index in [0.29, 0.717) is 17.6 Å². The van der Waals surface area contributed by atoms with Crippen LogP contribution >= 0.6 is 0 Å². The van der Waals surface area contributed by atoms with Gasteiger partial charge in [-0.1, -0.05) is 19.3 Å². The van der Waals surface area contributed by atoms with E-state index in [1.54, 1.807) is 0 Å². The van der Waals surface area contributed by atoms with Crippen molar-refractivity contribution >= 4 is 0 Å². The van der Waals surface area contributed by atoms with E-state index in [9.17, 15) is 5.11 Å². The number of aliphatic hydroxyl groups excluding tert-OH is 1. The molecule has 1 N–H and O–H groups in total. The summed E-state index contributed by atoms with van der Waals surface area (Å²) in [4.78, 5) is 2.37. The van der Waals surface area contributed by atoms with Crippen molar-refractivity contribution in [2.24, 2.45) is 5.41 Å². The fourth-order valence-corrected chi connectivity index (χ4v) is 4.19. The van der Waals surface area contributed by atoms with Crippen molar-refractivity contribution < 1.29 is 9.84 Å². The van der Waals surface area contributed by atoms with Gasteiger partial charge in [0.15, 0.2) is 0 Å². The first-order valence-corrected chi connectivity index (χ1v) is 7.60. The van der Waals surface area contributed by atoms with Crippen LogP contribution in [0.4, 0.5) is 0 Å². The molecular weight excluding hydrogens is 226 g/mol. The number of ether oxygens (including phenoxy) is 1. The lowest BCUT2D eigenvalue weighted by molar-refractivity contribution is -0.181. The molecule has 3 atom stereocenters. The van der Waals surface area contributed by atoms with Gasteiger partial charge in [-0.2, -0.15) is 0 Å². The Morgan fingerprint density at radius 1 is 1.33 bits per heavy atom. The van der Waals surface area contributed by atoms with Gasteiger partial charge in [0.1, 0.15) is 0 Å². The van der Waals surface area contributed by atoms with E-state index >= 15 is 0 Å². The maximum Gasteiger partial charge on any atom is 0.0661 e. The molecule has 0 saturated heterocycles. The Labute approximate surface area is 112 Å². The van der Waals surface area contributed by atoms with E-state index in [2.05, 4.69) is 18.9 Å². The molecule has 1 spiro atoms. The summed E-state index contributed by atoms with van der Waals surface area (Å²) in [6.07, 6.45) is 8.08. The molecule has 2 saturated carbocycles. The molecule has 2 fully saturated rings. The number of hydrogen-bond donors (Lipinski definition) is 1. The Morgan fingerprint density at radius 2 is 2.00 bits per heavy atom. The van der Waals surface area contributed by atoms with Gasteiger partial charge in [0.2, 0.25) is 0 Å². The molecule has 0 unspecified atom stereocenters. The minimum Gasteiger partial charge on any atom is -0.392 e. The van der Waals surface area contributed by atoms with Crippen LogP contribution in [0.5, 0.6) is 0 Å². The van der Waals surface area contributed by atoms with Crippen LogP contribution in [0, 0.1) is 5.41 Å². The van der Waals surface area contributed by atoms with E-state index < -0.39 is 0 Å². The second-order valence-electron chi connectivity index (χ2n) is 6.28. The topological polar surface area (TPSA) is 32.7 Å². The van der Waals surface area contributed by atoms with E-state index in [1.807, 2.05) is 6.92 Å². The van der Waals surface area contributed by atoms with Crippen LogP contribution in [-0.4, -0.2) is 48.5 Å². The van der Waals surface area contributed by atoms with Crippen LogP contribution in [0.3, 0.4) is 0 Å². The molecule has 0 aliphatic heterocycles. The first-order valence-electron chi connectivity index (χ1n) is 7.60. The van der Waals surface area contributed by atoms with Crippen LogP contribution in [-0.2, 0) is 4.74 Å². The largest absolute Gasteiger partial charge is 0.392 e. The van der Waals surface area contributed by atoms with Crippen molar-refractivity contribution in [3.05, 3.63) is 0 Å². The second kappa shape index (κ2) is 5.89. The predicted molar refractivity (Wildman–Crippen MR) is 73.6 cm³/mol. The molecule has 3 nitrogen and oxygen atoms in total. The SMILES string of the molecule is CCO[C@@H]1C[C@@H](N(C)C[C@H](C)O)C12CCCCC2. The lowest BCUT2D eigenvalue weighted by Crippen LogP contribution is -2.65. The van der Waals surface area contributed by atoms with Crippen molar-refractivity contribution in [1.82, 2.24) is 4.90 Å². The Balaban J connectivity index is 2.02. The number of likely N-dealkylation sites (N-methyl/N-ethyl adjacent to an activating group) is 1. The summed E-state index contributed by atoms with van der Waals surface area (Å²) >= 11 is 0. The highest BCUT2D eigenvalue weighted by Gasteiger charge is 2.56. The smallest absolute Gasteiger partial charge is 0.0661 e. The third-order valence-electron chi connectivity index (χ3n) is 4.98. The lowest BCUT2D eigenvalue weighted by Gasteiger charge is -2.60. The van der Waals surface area contributed by atoms with Crippen molar-refractivity contribution in [1.29, 1.82) is 0 Å². The minimum absolute atomic E-state index is 0.234. The van der Waals surface area contributed by atoms with Crippen LogP contribution in [0.1, 0.15) is 52.4 Å². The summed E-state index contributed by atoms with van der Waals surface area (Å²) < 4.78 is 5.97. The maximum atomic E-state index is 9.57. The van der Waals surface area contributed by atoms with E-state index in [-0.39, 0.29) is 6.10 Å². The highest BCUT2D eigenvalue weighted by atomic mass is 16.5. The van der Waals surface area contributed by atoms with Crippen LogP contribution in [0.2, 0.25) is 0 Å². The molecule has 3 heteroatoms. The van der Waals surface area contributed by atoms with Crippen LogP contribution in [0.15, 0.2) is 0 Å². The Bertz CT molecular complexity index is 261. The molecule has 0 aromatic rings. The first-order chi connectivity index (χ1) is 8.60. The number of nitrogens with zero attached hydrogens (tertiary/aromatic N) is 1. The molecule has 0 heterocycles. The summed E-state index contributed by atoms with van der Waals surface area (Å²) in [5, 5.41) is 9.57. The van der Waals surface area contributed by atoms with Gasteiger partial charge < -0.3 is 14.7 Å². The number of hydrogen-bond acceptors (Lipinski definition) is 3. The van der Waals surface area contributed by atoms with Gasteiger partial charge >= 0.3 is 0 Å². The van der Waals surface area contributed by atoms with Crippen molar-refractivity contribution in [2.75, 3.05) is 20.2 Å². The zero-order valence-electron chi connectivity index (χ0n) is 12.2. The fourth-order valence-electron chi connectivity index (χ4n) is 4.19. The van der Waals surface area contributed by atoms with Gasteiger partial charge in [-0.3, -0.25) is 0 Å². The fraction of sp³-hybridized carbons (Fsp3) is 1.00. The predicted octanol–water partition coefficient (Wildman–Crippen LogP) is 2.43. The quantitative estimate of drug-likeness (QED) is 0.819. The summed E-state index contributed by atoms with van der Waals surface area (Å²) in [5.41, 5.74) is 0.387. The second-order valence-corrected chi connectivity index (χ2v) is 6.28. The molecule has 0 aromatic heterocycles. The summed E-state index contributed by atoms with van der Waals surface area (Å²) in [5.74, 6) is 0. The Kier molecular flexibility index (Phi) is 4.68. The maximum absolute atomic E-state index is 9.57. The lowest BCUT2D eigenvalue weighted by atomic mass is 9.54.